The smallest absolute Gasteiger partial charge is 0.475 e. The number of carboxylic acid groups (broad SMARTS) is 1. The van der Waals surface area contributed by atoms with Crippen LogP contribution in [0.3, 0.4) is 0 Å². The second kappa shape index (κ2) is 8.95. The van der Waals surface area contributed by atoms with Crippen molar-refractivity contribution in [1.82, 2.24) is 10.3 Å². The van der Waals surface area contributed by atoms with E-state index in [9.17, 15) is 18.0 Å². The normalized spacial score (nSPS) is 10.9. The number of carbonyl (C=O) groups is 2. The van der Waals surface area contributed by atoms with Gasteiger partial charge in [0.2, 0.25) is 0 Å². The third-order valence-corrected chi connectivity index (χ3v) is 3.40. The molecule has 0 aliphatic heterocycles. The van der Waals surface area contributed by atoms with Gasteiger partial charge >= 0.3 is 12.1 Å². The second-order valence-corrected chi connectivity index (χ2v) is 5.46. The number of alkyl halides is 3. The van der Waals surface area contributed by atoms with Crippen LogP contribution >= 0.6 is 0 Å². The van der Waals surface area contributed by atoms with Gasteiger partial charge in [0.1, 0.15) is 11.0 Å². The molecule has 0 aliphatic carbocycles. The summed E-state index contributed by atoms with van der Waals surface area (Å²) in [5.41, 5.74) is 9.11. The molecular weight excluding hydrogens is 381 g/mol. The third-order valence-electron chi connectivity index (χ3n) is 3.40. The lowest BCUT2D eigenvalue weighted by Crippen LogP contribution is -2.21. The van der Waals surface area contributed by atoms with E-state index in [2.05, 4.69) is 20.3 Å². The van der Waals surface area contributed by atoms with Gasteiger partial charge in [0, 0.05) is 11.3 Å². The summed E-state index contributed by atoms with van der Waals surface area (Å²) in [7, 11) is 0. The molecule has 0 radical (unpaired) electrons. The van der Waals surface area contributed by atoms with Crippen LogP contribution in [0.1, 0.15) is 15.9 Å². The molecule has 4 N–H and O–H groups in total. The van der Waals surface area contributed by atoms with Crippen molar-refractivity contribution >= 4 is 28.6 Å². The van der Waals surface area contributed by atoms with E-state index in [1.165, 1.54) is 0 Å². The van der Waals surface area contributed by atoms with Gasteiger partial charge < -0.3 is 16.2 Å². The molecule has 8 nitrogen and oxygen atoms in total. The highest BCUT2D eigenvalue weighted by atomic mass is 19.4. The van der Waals surface area contributed by atoms with E-state index in [-0.39, 0.29) is 5.91 Å². The number of rotatable bonds is 4. The van der Waals surface area contributed by atoms with Crippen molar-refractivity contribution in [3.8, 4) is 0 Å². The molecule has 1 amide bonds. The highest BCUT2D eigenvalue weighted by Crippen LogP contribution is 2.17. The van der Waals surface area contributed by atoms with Gasteiger partial charge in [0.25, 0.3) is 5.91 Å². The Labute approximate surface area is 156 Å². The largest absolute Gasteiger partial charge is 0.490 e. The standard InChI is InChI=1S/C15H14N4O2.C2HF3O2/c16-8-7-10-1-3-11(4-2-10)15(20)17-12-5-6-13-14(9-12)19-21-18-13;3-2(4,5)1(6)7/h1-6,9H,7-8,16H2,(H,17,20);(H,6,7). The molecule has 28 heavy (non-hydrogen) atoms. The molecule has 0 saturated carbocycles. The molecule has 0 saturated heterocycles. The number of nitrogens with two attached hydrogens (primary N) is 1. The zero-order chi connectivity index (χ0) is 20.7. The van der Waals surface area contributed by atoms with Gasteiger partial charge in [-0.15, -0.1) is 0 Å². The Morgan fingerprint density at radius 3 is 2.25 bits per heavy atom. The summed E-state index contributed by atoms with van der Waals surface area (Å²) in [5.74, 6) is -2.93. The zero-order valence-electron chi connectivity index (χ0n) is 14.2. The number of nitrogens with zero attached hydrogens (tertiary/aromatic N) is 2. The summed E-state index contributed by atoms with van der Waals surface area (Å²) < 4.78 is 36.4. The van der Waals surface area contributed by atoms with Gasteiger partial charge in [0.05, 0.1) is 0 Å². The monoisotopic (exact) mass is 396 g/mol. The quantitative estimate of drug-likeness (QED) is 0.618. The van der Waals surface area contributed by atoms with Crippen LogP contribution in [-0.2, 0) is 11.2 Å². The number of hydrogen-bond donors (Lipinski definition) is 3. The van der Waals surface area contributed by atoms with Crippen molar-refractivity contribution in [3.05, 3.63) is 53.6 Å². The fourth-order valence-electron chi connectivity index (χ4n) is 2.05. The Bertz CT molecular complexity index is 955. The van der Waals surface area contributed by atoms with E-state index >= 15 is 0 Å². The number of carbonyl (C=O) groups excluding carboxylic acids is 1. The van der Waals surface area contributed by atoms with Crippen LogP contribution < -0.4 is 11.1 Å². The Morgan fingerprint density at radius 2 is 1.68 bits per heavy atom. The summed E-state index contributed by atoms with van der Waals surface area (Å²) in [6, 6.07) is 12.6. The van der Waals surface area contributed by atoms with Crippen LogP contribution in [0.2, 0.25) is 0 Å². The molecule has 1 heterocycles. The van der Waals surface area contributed by atoms with Crippen molar-refractivity contribution in [2.24, 2.45) is 5.73 Å². The zero-order valence-corrected chi connectivity index (χ0v) is 14.2. The summed E-state index contributed by atoms with van der Waals surface area (Å²) in [6.07, 6.45) is -4.28. The summed E-state index contributed by atoms with van der Waals surface area (Å²) in [5, 5.41) is 17.4. The number of halogens is 3. The van der Waals surface area contributed by atoms with Crippen LogP contribution in [0.5, 0.6) is 0 Å². The molecule has 0 unspecified atom stereocenters. The summed E-state index contributed by atoms with van der Waals surface area (Å²) >= 11 is 0. The topological polar surface area (TPSA) is 131 Å². The summed E-state index contributed by atoms with van der Waals surface area (Å²) in [6.45, 7) is 0.595. The van der Waals surface area contributed by atoms with E-state index in [1.54, 1.807) is 30.3 Å². The Kier molecular flexibility index (Phi) is 6.66. The maximum Gasteiger partial charge on any atom is 0.490 e. The molecule has 0 fully saturated rings. The van der Waals surface area contributed by atoms with Gasteiger partial charge in [-0.2, -0.15) is 13.2 Å². The number of benzene rings is 2. The third kappa shape index (κ3) is 5.77. The number of carboxylic acids is 1. The molecule has 2 aromatic carbocycles. The van der Waals surface area contributed by atoms with E-state index in [0.29, 0.717) is 28.8 Å². The first-order valence-electron chi connectivity index (χ1n) is 7.83. The highest BCUT2D eigenvalue weighted by Gasteiger charge is 2.38. The molecule has 11 heteroatoms. The van der Waals surface area contributed by atoms with Crippen LogP contribution in [0, 0.1) is 0 Å². The van der Waals surface area contributed by atoms with Crippen LogP contribution in [-0.4, -0.2) is 40.0 Å². The Morgan fingerprint density at radius 1 is 1.07 bits per heavy atom. The van der Waals surface area contributed by atoms with E-state index < -0.39 is 12.1 Å². The second-order valence-electron chi connectivity index (χ2n) is 5.46. The van der Waals surface area contributed by atoms with Gasteiger partial charge in [-0.1, -0.05) is 12.1 Å². The van der Waals surface area contributed by atoms with Crippen molar-refractivity contribution in [2.75, 3.05) is 11.9 Å². The lowest BCUT2D eigenvalue weighted by Gasteiger charge is -2.06. The number of anilines is 1. The summed E-state index contributed by atoms with van der Waals surface area (Å²) in [4.78, 5) is 21.1. The van der Waals surface area contributed by atoms with Crippen molar-refractivity contribution < 1.29 is 32.5 Å². The van der Waals surface area contributed by atoms with Crippen molar-refractivity contribution in [1.29, 1.82) is 0 Å². The lowest BCUT2D eigenvalue weighted by atomic mass is 10.1. The SMILES string of the molecule is NCCc1ccc(C(=O)Nc2ccc3nonc3c2)cc1.O=C(O)C(F)(F)F. The van der Waals surface area contributed by atoms with Crippen LogP contribution in [0.4, 0.5) is 18.9 Å². The van der Waals surface area contributed by atoms with Gasteiger partial charge in [-0.3, -0.25) is 4.79 Å². The molecule has 3 aromatic rings. The Balaban J connectivity index is 0.000000345. The van der Waals surface area contributed by atoms with Gasteiger partial charge in [0.15, 0.2) is 0 Å². The minimum absolute atomic E-state index is 0.176. The van der Waals surface area contributed by atoms with Gasteiger partial charge in [-0.05, 0) is 59.2 Å². The van der Waals surface area contributed by atoms with E-state index in [0.717, 1.165) is 12.0 Å². The molecular formula is C17H15F3N4O4. The predicted molar refractivity (Wildman–Crippen MR) is 92.6 cm³/mol. The molecule has 1 aromatic heterocycles. The lowest BCUT2D eigenvalue weighted by molar-refractivity contribution is -0.192. The maximum atomic E-state index is 12.2. The first kappa shape index (κ1) is 20.8. The molecule has 148 valence electrons. The minimum Gasteiger partial charge on any atom is -0.475 e. The highest BCUT2D eigenvalue weighted by molar-refractivity contribution is 6.04. The first-order valence-corrected chi connectivity index (χ1v) is 7.83. The fourth-order valence-corrected chi connectivity index (χ4v) is 2.05. The number of aromatic nitrogens is 2. The Hall–Kier alpha value is -3.47. The number of fused-ring (bicyclic) bond motifs is 1. The van der Waals surface area contributed by atoms with E-state index in [4.69, 9.17) is 15.6 Å². The van der Waals surface area contributed by atoms with Crippen molar-refractivity contribution in [3.63, 3.8) is 0 Å². The number of hydrogen-bond acceptors (Lipinski definition) is 6. The minimum atomic E-state index is -5.08. The molecule has 3 rings (SSSR count). The van der Waals surface area contributed by atoms with Crippen LogP contribution in [0.15, 0.2) is 47.1 Å². The average Bonchev–Trinajstić information content (AvgIpc) is 3.10. The number of aliphatic carboxylic acids is 1. The van der Waals surface area contributed by atoms with Gasteiger partial charge in [-0.25, -0.2) is 9.42 Å². The van der Waals surface area contributed by atoms with Crippen LogP contribution in [0.25, 0.3) is 11.0 Å². The molecule has 0 atom stereocenters. The van der Waals surface area contributed by atoms with Crippen molar-refractivity contribution in [2.45, 2.75) is 12.6 Å². The molecule has 0 bridgehead atoms. The molecule has 0 spiro atoms. The average molecular weight is 396 g/mol. The van der Waals surface area contributed by atoms with E-state index in [1.807, 2.05) is 12.1 Å². The maximum absolute atomic E-state index is 12.2. The first-order chi connectivity index (χ1) is 13.2. The number of nitrogens with one attached hydrogen (secondary N) is 1. The predicted octanol–water partition coefficient (Wildman–Crippen LogP) is 2.61. The fraction of sp³-hybridized carbons (Fsp3) is 0.176. The molecule has 0 aliphatic rings. The number of amides is 1.